The number of esters is 1. The maximum absolute atomic E-state index is 13.8. The normalized spacial score (nSPS) is 10.4. The van der Waals surface area contributed by atoms with Crippen LogP contribution in [0.15, 0.2) is 36.4 Å². The number of hydrogen-bond acceptors (Lipinski definition) is 3. The first-order chi connectivity index (χ1) is 10.0. The van der Waals surface area contributed by atoms with Crippen LogP contribution in [0.5, 0.6) is 5.75 Å². The Morgan fingerprint density at radius 3 is 2.62 bits per heavy atom. The molecule has 110 valence electrons. The van der Waals surface area contributed by atoms with Crippen LogP contribution in [0.2, 0.25) is 0 Å². The number of ether oxygens (including phenoxy) is 1. The van der Waals surface area contributed by atoms with Gasteiger partial charge in [-0.1, -0.05) is 13.0 Å². The van der Waals surface area contributed by atoms with Crippen LogP contribution >= 0.6 is 0 Å². The summed E-state index contributed by atoms with van der Waals surface area (Å²) in [5.74, 6) is -2.35. The first-order valence-electron chi connectivity index (χ1n) is 6.48. The molecule has 0 unspecified atom stereocenters. The molecule has 21 heavy (non-hydrogen) atoms. The molecule has 0 aliphatic rings. The number of hydrogen-bond donors (Lipinski definition) is 1. The zero-order valence-electron chi connectivity index (χ0n) is 11.4. The number of phenolic OH excluding ortho intramolecular Hbond substituents is 1. The maximum Gasteiger partial charge on any atom is 0.341 e. The van der Waals surface area contributed by atoms with Gasteiger partial charge in [-0.15, -0.1) is 0 Å². The SMILES string of the molecule is CCCOC(=O)c1cc(-c2ccc(F)cc2F)ccc1O. The molecule has 0 aromatic heterocycles. The Morgan fingerprint density at radius 1 is 1.19 bits per heavy atom. The zero-order chi connectivity index (χ0) is 15.4. The van der Waals surface area contributed by atoms with Gasteiger partial charge in [-0.25, -0.2) is 13.6 Å². The fourth-order valence-corrected chi connectivity index (χ4v) is 1.86. The molecule has 0 aliphatic carbocycles. The lowest BCUT2D eigenvalue weighted by Crippen LogP contribution is -2.06. The molecule has 2 aromatic carbocycles. The summed E-state index contributed by atoms with van der Waals surface area (Å²) in [5, 5.41) is 9.71. The molecule has 0 fully saturated rings. The monoisotopic (exact) mass is 292 g/mol. The van der Waals surface area contributed by atoms with Crippen molar-refractivity contribution in [3.63, 3.8) is 0 Å². The summed E-state index contributed by atoms with van der Waals surface area (Å²) in [6.07, 6.45) is 0.652. The Labute approximate surface area is 120 Å². The number of aromatic hydroxyl groups is 1. The van der Waals surface area contributed by atoms with Crippen molar-refractivity contribution in [2.75, 3.05) is 6.61 Å². The van der Waals surface area contributed by atoms with Gasteiger partial charge in [0.2, 0.25) is 0 Å². The summed E-state index contributed by atoms with van der Waals surface area (Å²) in [6.45, 7) is 2.07. The summed E-state index contributed by atoms with van der Waals surface area (Å²) >= 11 is 0. The molecule has 0 saturated heterocycles. The van der Waals surface area contributed by atoms with E-state index in [0.717, 1.165) is 12.1 Å². The number of phenols is 1. The standard InChI is InChI=1S/C16H14F2O3/c1-2-7-21-16(20)13-8-10(3-6-15(13)19)12-5-4-11(17)9-14(12)18/h3-6,8-9,19H,2,7H2,1H3. The molecule has 3 nitrogen and oxygen atoms in total. The fraction of sp³-hybridized carbons (Fsp3) is 0.188. The lowest BCUT2D eigenvalue weighted by molar-refractivity contribution is 0.0502. The molecule has 0 aliphatic heterocycles. The minimum Gasteiger partial charge on any atom is -0.507 e. The van der Waals surface area contributed by atoms with Crippen molar-refractivity contribution < 1.29 is 23.4 Å². The van der Waals surface area contributed by atoms with E-state index in [-0.39, 0.29) is 23.5 Å². The second-order valence-electron chi connectivity index (χ2n) is 4.49. The Hall–Kier alpha value is -2.43. The Balaban J connectivity index is 2.40. The fourth-order valence-electron chi connectivity index (χ4n) is 1.86. The lowest BCUT2D eigenvalue weighted by atomic mass is 10.0. The highest BCUT2D eigenvalue weighted by Crippen LogP contribution is 2.28. The van der Waals surface area contributed by atoms with Crippen molar-refractivity contribution >= 4 is 5.97 Å². The molecule has 0 amide bonds. The summed E-state index contributed by atoms with van der Waals surface area (Å²) in [5.41, 5.74) is 0.444. The Morgan fingerprint density at radius 2 is 1.95 bits per heavy atom. The second kappa shape index (κ2) is 6.35. The highest BCUT2D eigenvalue weighted by molar-refractivity contribution is 5.94. The average Bonchev–Trinajstić information content (AvgIpc) is 2.45. The van der Waals surface area contributed by atoms with Crippen LogP contribution in [0, 0.1) is 11.6 Å². The summed E-state index contributed by atoms with van der Waals surface area (Å²) < 4.78 is 31.6. The van der Waals surface area contributed by atoms with Crippen LogP contribution in [-0.2, 0) is 4.74 Å². The van der Waals surface area contributed by atoms with Crippen molar-refractivity contribution in [3.05, 3.63) is 53.6 Å². The maximum atomic E-state index is 13.8. The predicted molar refractivity (Wildman–Crippen MR) is 74.0 cm³/mol. The average molecular weight is 292 g/mol. The van der Waals surface area contributed by atoms with E-state index in [1.807, 2.05) is 6.92 Å². The highest BCUT2D eigenvalue weighted by atomic mass is 19.1. The summed E-state index contributed by atoms with van der Waals surface area (Å²) in [4.78, 5) is 11.8. The van der Waals surface area contributed by atoms with Crippen molar-refractivity contribution in [2.24, 2.45) is 0 Å². The van der Waals surface area contributed by atoms with Gasteiger partial charge >= 0.3 is 5.97 Å². The van der Waals surface area contributed by atoms with E-state index in [2.05, 4.69) is 0 Å². The van der Waals surface area contributed by atoms with Gasteiger partial charge in [0.05, 0.1) is 6.61 Å². The predicted octanol–water partition coefficient (Wildman–Crippen LogP) is 3.90. The minimum atomic E-state index is -0.742. The van der Waals surface area contributed by atoms with Gasteiger partial charge in [0, 0.05) is 11.6 Å². The topological polar surface area (TPSA) is 46.5 Å². The Kier molecular flexibility index (Phi) is 4.52. The first-order valence-corrected chi connectivity index (χ1v) is 6.48. The molecule has 0 bridgehead atoms. The van der Waals surface area contributed by atoms with Gasteiger partial charge in [-0.05, 0) is 36.2 Å². The summed E-state index contributed by atoms with van der Waals surface area (Å²) in [6, 6.07) is 7.21. The molecule has 5 heteroatoms. The zero-order valence-corrected chi connectivity index (χ0v) is 11.4. The van der Waals surface area contributed by atoms with Crippen LogP contribution in [0.25, 0.3) is 11.1 Å². The number of rotatable bonds is 4. The number of halogens is 2. The molecule has 2 aromatic rings. The molecular formula is C16H14F2O3. The molecule has 0 radical (unpaired) electrons. The minimum absolute atomic E-state index is 0.0512. The third kappa shape index (κ3) is 3.37. The van der Waals surface area contributed by atoms with Crippen LogP contribution in [0.4, 0.5) is 8.78 Å². The van der Waals surface area contributed by atoms with Crippen molar-refractivity contribution in [1.82, 2.24) is 0 Å². The van der Waals surface area contributed by atoms with Gasteiger partial charge in [0.1, 0.15) is 22.9 Å². The molecule has 0 atom stereocenters. The largest absolute Gasteiger partial charge is 0.507 e. The molecular weight excluding hydrogens is 278 g/mol. The van der Waals surface area contributed by atoms with Crippen LogP contribution in [0.3, 0.4) is 0 Å². The molecule has 2 rings (SSSR count). The number of benzene rings is 2. The molecule has 0 spiro atoms. The number of carbonyl (C=O) groups excluding carboxylic acids is 1. The van der Waals surface area contributed by atoms with Gasteiger partial charge in [0.25, 0.3) is 0 Å². The van der Waals surface area contributed by atoms with Gasteiger partial charge in [-0.3, -0.25) is 0 Å². The molecule has 0 heterocycles. The first kappa shape index (κ1) is 15.0. The van der Waals surface area contributed by atoms with E-state index >= 15 is 0 Å². The highest BCUT2D eigenvalue weighted by Gasteiger charge is 2.15. The smallest absolute Gasteiger partial charge is 0.341 e. The van der Waals surface area contributed by atoms with E-state index < -0.39 is 17.6 Å². The third-order valence-corrected chi connectivity index (χ3v) is 2.90. The van der Waals surface area contributed by atoms with E-state index in [9.17, 15) is 18.7 Å². The van der Waals surface area contributed by atoms with Gasteiger partial charge in [0.15, 0.2) is 0 Å². The van der Waals surface area contributed by atoms with Gasteiger partial charge in [-0.2, -0.15) is 0 Å². The molecule has 0 saturated carbocycles. The Bertz CT molecular complexity index is 669. The molecule has 1 N–H and O–H groups in total. The van der Waals surface area contributed by atoms with E-state index in [0.29, 0.717) is 12.0 Å². The van der Waals surface area contributed by atoms with Gasteiger partial charge < -0.3 is 9.84 Å². The van der Waals surface area contributed by atoms with Crippen molar-refractivity contribution in [3.8, 4) is 16.9 Å². The van der Waals surface area contributed by atoms with Crippen molar-refractivity contribution in [1.29, 1.82) is 0 Å². The summed E-state index contributed by atoms with van der Waals surface area (Å²) in [7, 11) is 0. The quantitative estimate of drug-likeness (QED) is 0.869. The van der Waals surface area contributed by atoms with Crippen LogP contribution < -0.4 is 0 Å². The van der Waals surface area contributed by atoms with Crippen molar-refractivity contribution in [2.45, 2.75) is 13.3 Å². The van der Waals surface area contributed by atoms with Crippen LogP contribution in [-0.4, -0.2) is 17.7 Å². The van der Waals surface area contributed by atoms with E-state index in [1.165, 1.54) is 24.3 Å². The van der Waals surface area contributed by atoms with Crippen LogP contribution in [0.1, 0.15) is 23.7 Å². The van der Waals surface area contributed by atoms with E-state index in [4.69, 9.17) is 4.74 Å². The second-order valence-corrected chi connectivity index (χ2v) is 4.49. The number of carbonyl (C=O) groups is 1. The third-order valence-electron chi connectivity index (χ3n) is 2.90. The van der Waals surface area contributed by atoms with E-state index in [1.54, 1.807) is 0 Å². The lowest BCUT2D eigenvalue weighted by Gasteiger charge is -2.09.